The highest BCUT2D eigenvalue weighted by molar-refractivity contribution is 6.13. The highest BCUT2D eigenvalue weighted by Gasteiger charge is 2.29. The lowest BCUT2D eigenvalue weighted by atomic mass is 9.95. The number of unbranched alkanes of at least 4 members (excludes halogenated alkanes) is 4. The molecule has 0 atom stereocenters. The normalized spacial score (nSPS) is 10.6. The first-order valence-corrected chi connectivity index (χ1v) is 21.5. The molecule has 0 saturated carbocycles. The first-order chi connectivity index (χ1) is 29.7. The average molecular weight is 899 g/mol. The molecular weight excluding hydrogens is 816 g/mol. The van der Waals surface area contributed by atoms with Crippen LogP contribution in [0.2, 0.25) is 0 Å². The molecule has 0 aliphatic heterocycles. The summed E-state index contributed by atoms with van der Waals surface area (Å²) in [5, 5.41) is 104. The molecule has 0 amide bonds. The zero-order chi connectivity index (χ0) is 48.1. The first kappa shape index (κ1) is 65.2. The van der Waals surface area contributed by atoms with Crippen molar-refractivity contribution in [1.29, 1.82) is 0 Å². The predicted molar refractivity (Wildman–Crippen MR) is 236 cm³/mol. The number of nitrogens with zero attached hydrogens (tertiary/aromatic N) is 4. The second kappa shape index (κ2) is 47.1. The summed E-state index contributed by atoms with van der Waals surface area (Å²) in [6.45, 7) is 19.4. The highest BCUT2D eigenvalue weighted by atomic mass is 16.4. The summed E-state index contributed by atoms with van der Waals surface area (Å²) in [6.07, 6.45) is 9.20. The molecule has 0 fully saturated rings. The third-order valence-electron chi connectivity index (χ3n) is 8.74. The molecule has 20 nitrogen and oxygen atoms in total. The molecule has 0 radical (unpaired) electrons. The van der Waals surface area contributed by atoms with Crippen LogP contribution in [0.25, 0.3) is 0 Å². The maximum Gasteiger partial charge on any atom is 0.337 e. The van der Waals surface area contributed by atoms with E-state index in [9.17, 15) is 19.2 Å². The van der Waals surface area contributed by atoms with E-state index in [-0.39, 0.29) is 52.9 Å². The molecule has 62 heavy (non-hydrogen) atoms. The van der Waals surface area contributed by atoms with Crippen LogP contribution in [0.4, 0.5) is 0 Å². The molecule has 1 aromatic rings. The van der Waals surface area contributed by atoms with E-state index < -0.39 is 46.1 Å². The lowest BCUT2D eigenvalue weighted by Gasteiger charge is -2.19. The molecule has 0 heterocycles. The van der Waals surface area contributed by atoms with Crippen molar-refractivity contribution >= 4 is 23.9 Å². The molecule has 366 valence electrons. The van der Waals surface area contributed by atoms with Crippen molar-refractivity contribution < 1.29 is 80.5 Å². The van der Waals surface area contributed by atoms with Gasteiger partial charge in [-0.1, -0.05) is 53.4 Å². The first-order valence-electron chi connectivity index (χ1n) is 21.5. The van der Waals surface area contributed by atoms with Crippen molar-refractivity contribution in [2.75, 3.05) is 131 Å². The van der Waals surface area contributed by atoms with Crippen LogP contribution < -0.4 is 0 Å². The Bertz CT molecular complexity index is 1080. The molecule has 0 aliphatic carbocycles. The molecule has 0 spiro atoms. The van der Waals surface area contributed by atoms with Gasteiger partial charge in [0.05, 0.1) is 75.1 Å². The van der Waals surface area contributed by atoms with Crippen molar-refractivity contribution in [1.82, 2.24) is 19.6 Å². The van der Waals surface area contributed by atoms with Crippen LogP contribution in [0.3, 0.4) is 0 Å². The fourth-order valence-corrected chi connectivity index (χ4v) is 5.40. The van der Waals surface area contributed by atoms with Crippen LogP contribution in [0.5, 0.6) is 0 Å². The second-order valence-corrected chi connectivity index (χ2v) is 13.7. The van der Waals surface area contributed by atoms with Gasteiger partial charge in [-0.2, -0.15) is 0 Å². The van der Waals surface area contributed by atoms with Gasteiger partial charge in [-0.25, -0.2) is 19.2 Å². The van der Waals surface area contributed by atoms with Gasteiger partial charge in [-0.15, -0.1) is 0 Å². The Morgan fingerprint density at radius 1 is 0.339 bits per heavy atom. The number of aliphatic hydroxyl groups is 8. The maximum absolute atomic E-state index is 10.9. The summed E-state index contributed by atoms with van der Waals surface area (Å²) in [4.78, 5) is 51.7. The predicted octanol–water partition coefficient (Wildman–Crippen LogP) is 0.772. The van der Waals surface area contributed by atoms with E-state index >= 15 is 0 Å². The Balaban J connectivity index is -0.000000346. The minimum absolute atomic E-state index is 0.184. The van der Waals surface area contributed by atoms with Gasteiger partial charge in [0.15, 0.2) is 0 Å². The van der Waals surface area contributed by atoms with E-state index in [4.69, 9.17) is 61.3 Å². The molecule has 0 aromatic heterocycles. The number of benzene rings is 1. The molecule has 1 rings (SSSR count). The van der Waals surface area contributed by atoms with Gasteiger partial charge in [-0.05, 0) is 64.0 Å². The molecule has 1 aromatic carbocycles. The SMILES string of the molecule is CCCCN(CCO)CCO.CCCCN(CCO)CCO.CCCCN(CCO)CCO.CCCCN(CCO)CCO.O=C(O)c1ccc(C(=O)O)c(C(=O)O)c1C(=O)O. The summed E-state index contributed by atoms with van der Waals surface area (Å²) >= 11 is 0. The van der Waals surface area contributed by atoms with Crippen LogP contribution >= 0.6 is 0 Å². The highest BCUT2D eigenvalue weighted by Crippen LogP contribution is 2.20. The summed E-state index contributed by atoms with van der Waals surface area (Å²) in [5.74, 6) is -6.97. The Kier molecular flexibility index (Phi) is 49.6. The number of aliphatic hydroxyl groups excluding tert-OH is 8. The molecule has 0 saturated heterocycles. The topological polar surface area (TPSA) is 324 Å². The van der Waals surface area contributed by atoms with Crippen LogP contribution in [0.1, 0.15) is 120 Å². The van der Waals surface area contributed by atoms with Crippen molar-refractivity contribution in [2.45, 2.75) is 79.1 Å². The van der Waals surface area contributed by atoms with Crippen molar-refractivity contribution in [3.05, 3.63) is 34.4 Å². The largest absolute Gasteiger partial charge is 0.478 e. The minimum atomic E-state index is -1.83. The minimum Gasteiger partial charge on any atom is -0.478 e. The number of aromatic carboxylic acids is 4. The summed E-state index contributed by atoms with van der Waals surface area (Å²) in [6, 6.07) is 1.48. The Labute approximate surface area is 368 Å². The number of carboxylic acids is 4. The molecule has 0 aliphatic rings. The summed E-state index contributed by atoms with van der Waals surface area (Å²) in [7, 11) is 0. The number of hydrogen-bond donors (Lipinski definition) is 12. The third kappa shape index (κ3) is 36.1. The van der Waals surface area contributed by atoms with Gasteiger partial charge in [0, 0.05) is 52.4 Å². The van der Waals surface area contributed by atoms with Gasteiger partial charge in [-0.3, -0.25) is 19.6 Å². The Hall–Kier alpha value is -3.38. The second-order valence-electron chi connectivity index (χ2n) is 13.7. The van der Waals surface area contributed by atoms with E-state index in [1.165, 1.54) is 0 Å². The van der Waals surface area contributed by atoms with E-state index in [2.05, 4.69) is 47.3 Å². The number of hydrogen-bond acceptors (Lipinski definition) is 16. The zero-order valence-electron chi connectivity index (χ0n) is 37.7. The maximum atomic E-state index is 10.9. The van der Waals surface area contributed by atoms with Crippen LogP contribution in [0.15, 0.2) is 12.1 Å². The fourth-order valence-electron chi connectivity index (χ4n) is 5.40. The smallest absolute Gasteiger partial charge is 0.337 e. The molecule has 20 heteroatoms. The lowest BCUT2D eigenvalue weighted by Crippen LogP contribution is -2.30. The van der Waals surface area contributed by atoms with Crippen LogP contribution in [-0.2, 0) is 0 Å². The average Bonchev–Trinajstić information content (AvgIpc) is 3.23. The van der Waals surface area contributed by atoms with Crippen LogP contribution in [-0.4, -0.2) is 236 Å². The Morgan fingerprint density at radius 3 is 0.629 bits per heavy atom. The lowest BCUT2D eigenvalue weighted by molar-refractivity contribution is 0.0619. The van der Waals surface area contributed by atoms with Crippen molar-refractivity contribution in [3.8, 4) is 0 Å². The monoisotopic (exact) mass is 899 g/mol. The number of carbonyl (C=O) groups is 4. The van der Waals surface area contributed by atoms with E-state index in [0.717, 1.165) is 89.7 Å². The van der Waals surface area contributed by atoms with Gasteiger partial charge < -0.3 is 61.3 Å². The van der Waals surface area contributed by atoms with E-state index in [1.54, 1.807) is 0 Å². The standard InChI is InChI=1S/C10H6O8.4C8H19NO2/c11-7(12)3-1-2-4(8(13)14)6(10(17)18)5(3)9(15)16;4*1-2-3-4-9(5-7-10)6-8-11/h1-2H,(H,11,12)(H,13,14)(H,15,16)(H,17,18);4*10-11H,2-8H2,1H3. The van der Waals surface area contributed by atoms with E-state index in [1.807, 2.05) is 0 Å². The van der Waals surface area contributed by atoms with E-state index in [0.29, 0.717) is 52.4 Å². The zero-order valence-corrected chi connectivity index (χ0v) is 37.7. The molecule has 0 unspecified atom stereocenters. The van der Waals surface area contributed by atoms with Crippen molar-refractivity contribution in [2.24, 2.45) is 0 Å². The van der Waals surface area contributed by atoms with Gasteiger partial charge in [0.2, 0.25) is 0 Å². The third-order valence-corrected chi connectivity index (χ3v) is 8.74. The van der Waals surface area contributed by atoms with Gasteiger partial charge in [0.25, 0.3) is 0 Å². The number of rotatable bonds is 32. The quantitative estimate of drug-likeness (QED) is 0.0475. The van der Waals surface area contributed by atoms with Gasteiger partial charge in [0.1, 0.15) is 0 Å². The molecular formula is C42H82N4O16. The summed E-state index contributed by atoms with van der Waals surface area (Å²) in [5.41, 5.74) is -3.69. The summed E-state index contributed by atoms with van der Waals surface area (Å²) < 4.78 is 0. The molecule has 0 bridgehead atoms. The van der Waals surface area contributed by atoms with Crippen molar-refractivity contribution in [3.63, 3.8) is 0 Å². The number of carboxylic acid groups (broad SMARTS) is 4. The van der Waals surface area contributed by atoms with Crippen LogP contribution in [0, 0.1) is 0 Å². The molecule has 12 N–H and O–H groups in total. The van der Waals surface area contributed by atoms with Gasteiger partial charge >= 0.3 is 23.9 Å². The fraction of sp³-hybridized carbons (Fsp3) is 0.762. The Morgan fingerprint density at radius 2 is 0.516 bits per heavy atom.